The Morgan fingerprint density at radius 2 is 1.68 bits per heavy atom. The maximum Gasteiger partial charge on any atom is 0.0536 e. The zero-order valence-corrected chi connectivity index (χ0v) is 15.2. The molecule has 22 heavy (non-hydrogen) atoms. The lowest BCUT2D eigenvalue weighted by Crippen LogP contribution is -1.97. The van der Waals surface area contributed by atoms with Gasteiger partial charge in [-0.1, -0.05) is 67.9 Å². The summed E-state index contributed by atoms with van der Waals surface area (Å²) in [4.78, 5) is 3.48. The second-order valence-electron chi connectivity index (χ2n) is 6.55. The first kappa shape index (κ1) is 15.4. The van der Waals surface area contributed by atoms with Crippen LogP contribution < -0.4 is 0 Å². The zero-order valence-electron chi connectivity index (χ0n) is 13.6. The van der Waals surface area contributed by atoms with Crippen molar-refractivity contribution < 1.29 is 0 Å². The number of hydrogen-bond donors (Lipinski definition) is 1. The Morgan fingerprint density at radius 1 is 0.909 bits per heavy atom. The molecule has 1 N–H and O–H groups in total. The van der Waals surface area contributed by atoms with Crippen LogP contribution in [0.4, 0.5) is 0 Å². The third-order valence-electron chi connectivity index (χ3n) is 4.29. The molecule has 2 heteroatoms. The van der Waals surface area contributed by atoms with Crippen molar-refractivity contribution in [1.29, 1.82) is 0 Å². The average molecular weight is 356 g/mol. The summed E-state index contributed by atoms with van der Waals surface area (Å²) in [5, 5.41) is 2.52. The van der Waals surface area contributed by atoms with Crippen molar-refractivity contribution >= 4 is 26.7 Å². The number of H-pyrrole nitrogens is 1. The monoisotopic (exact) mass is 355 g/mol. The van der Waals surface area contributed by atoms with E-state index >= 15 is 0 Å². The van der Waals surface area contributed by atoms with Crippen molar-refractivity contribution in [2.24, 2.45) is 0 Å². The van der Waals surface area contributed by atoms with E-state index in [2.05, 4.69) is 91.2 Å². The van der Waals surface area contributed by atoms with Gasteiger partial charge in [-0.25, -0.2) is 0 Å². The fourth-order valence-electron chi connectivity index (χ4n) is 2.98. The van der Waals surface area contributed by atoms with Crippen molar-refractivity contribution in [2.45, 2.75) is 39.5 Å². The second kappa shape index (κ2) is 5.92. The van der Waals surface area contributed by atoms with E-state index in [9.17, 15) is 0 Å². The first-order chi connectivity index (χ1) is 10.5. The summed E-state index contributed by atoms with van der Waals surface area (Å²) in [6, 6.07) is 13.4. The number of aromatic amines is 1. The van der Waals surface area contributed by atoms with Crippen molar-refractivity contribution in [1.82, 2.24) is 4.98 Å². The smallest absolute Gasteiger partial charge is 0.0536 e. The molecule has 0 saturated carbocycles. The quantitative estimate of drug-likeness (QED) is 0.528. The molecule has 0 aliphatic heterocycles. The molecule has 1 aromatic heterocycles. The minimum Gasteiger partial charge on any atom is -0.360 e. The average Bonchev–Trinajstić information content (AvgIpc) is 2.89. The van der Waals surface area contributed by atoms with Crippen LogP contribution in [0.1, 0.15) is 50.7 Å². The molecule has 1 heterocycles. The predicted octanol–water partition coefficient (Wildman–Crippen LogP) is 6.84. The lowest BCUT2D eigenvalue weighted by Gasteiger charge is -2.16. The number of fused-ring (bicyclic) bond motifs is 1. The molecule has 3 rings (SSSR count). The van der Waals surface area contributed by atoms with Crippen molar-refractivity contribution in [2.75, 3.05) is 0 Å². The van der Waals surface area contributed by atoms with Gasteiger partial charge in [-0.2, -0.15) is 0 Å². The van der Waals surface area contributed by atoms with E-state index in [0.717, 1.165) is 4.47 Å². The van der Waals surface area contributed by atoms with Crippen molar-refractivity contribution in [3.8, 4) is 11.3 Å². The molecular weight excluding hydrogens is 334 g/mol. The summed E-state index contributed by atoms with van der Waals surface area (Å²) in [6.07, 6.45) is 2.09. The lowest BCUT2D eigenvalue weighted by molar-refractivity contribution is 0.835. The highest BCUT2D eigenvalue weighted by Gasteiger charge is 2.14. The normalized spacial score (nSPS) is 11.8. The molecule has 114 valence electrons. The van der Waals surface area contributed by atoms with Gasteiger partial charge in [0.25, 0.3) is 0 Å². The number of benzene rings is 2. The van der Waals surface area contributed by atoms with Crippen molar-refractivity contribution in [3.05, 3.63) is 58.2 Å². The molecule has 0 aliphatic rings. The summed E-state index contributed by atoms with van der Waals surface area (Å²) in [7, 11) is 0. The Kier molecular flexibility index (Phi) is 4.14. The van der Waals surface area contributed by atoms with Gasteiger partial charge < -0.3 is 4.98 Å². The molecule has 0 amide bonds. The van der Waals surface area contributed by atoms with Gasteiger partial charge in [-0.05, 0) is 35.1 Å². The molecule has 0 aliphatic carbocycles. The van der Waals surface area contributed by atoms with Crippen LogP contribution in [0.25, 0.3) is 22.0 Å². The van der Waals surface area contributed by atoms with Crippen molar-refractivity contribution in [3.63, 3.8) is 0 Å². The number of nitrogens with one attached hydrogen (secondary N) is 1. The SMILES string of the molecule is CC(C)c1ccc(-c2[nH]cc3cc(Br)ccc23)c(C(C)C)c1. The molecule has 0 unspecified atom stereocenters. The van der Waals surface area contributed by atoms with Crippen LogP contribution in [0, 0.1) is 0 Å². The van der Waals surface area contributed by atoms with Crippen LogP contribution in [-0.2, 0) is 0 Å². The minimum atomic E-state index is 0.502. The molecule has 0 atom stereocenters. The van der Waals surface area contributed by atoms with Gasteiger partial charge in [0, 0.05) is 27.0 Å². The maximum absolute atomic E-state index is 3.55. The van der Waals surface area contributed by atoms with E-state index in [0.29, 0.717) is 11.8 Å². The fourth-order valence-corrected chi connectivity index (χ4v) is 3.36. The van der Waals surface area contributed by atoms with Gasteiger partial charge in [-0.3, -0.25) is 0 Å². The third-order valence-corrected chi connectivity index (χ3v) is 4.78. The van der Waals surface area contributed by atoms with E-state index in [1.54, 1.807) is 0 Å². The van der Waals surface area contributed by atoms with Gasteiger partial charge in [0.15, 0.2) is 0 Å². The highest BCUT2D eigenvalue weighted by molar-refractivity contribution is 9.10. The van der Waals surface area contributed by atoms with Crippen LogP contribution in [0.15, 0.2) is 47.1 Å². The lowest BCUT2D eigenvalue weighted by atomic mass is 9.89. The van der Waals surface area contributed by atoms with Gasteiger partial charge in [0.2, 0.25) is 0 Å². The number of hydrogen-bond acceptors (Lipinski definition) is 0. The van der Waals surface area contributed by atoms with E-state index in [1.807, 2.05) is 0 Å². The molecule has 0 fully saturated rings. The van der Waals surface area contributed by atoms with Gasteiger partial charge in [0.1, 0.15) is 0 Å². The third kappa shape index (κ3) is 2.72. The van der Waals surface area contributed by atoms with Gasteiger partial charge >= 0.3 is 0 Å². The van der Waals surface area contributed by atoms with Gasteiger partial charge in [0.05, 0.1) is 5.69 Å². The second-order valence-corrected chi connectivity index (χ2v) is 7.47. The molecule has 0 radical (unpaired) electrons. The highest BCUT2D eigenvalue weighted by atomic mass is 79.9. The first-order valence-electron chi connectivity index (χ1n) is 7.88. The Labute approximate surface area is 140 Å². The zero-order chi connectivity index (χ0) is 15.9. The van der Waals surface area contributed by atoms with Crippen LogP contribution in [-0.4, -0.2) is 4.98 Å². The predicted molar refractivity (Wildman–Crippen MR) is 99.6 cm³/mol. The van der Waals surface area contributed by atoms with E-state index in [4.69, 9.17) is 0 Å². The van der Waals surface area contributed by atoms with Gasteiger partial charge in [-0.15, -0.1) is 0 Å². The molecule has 1 nitrogen and oxygen atoms in total. The first-order valence-corrected chi connectivity index (χ1v) is 8.67. The van der Waals surface area contributed by atoms with E-state index in [1.165, 1.54) is 33.2 Å². The Hall–Kier alpha value is -1.54. The van der Waals surface area contributed by atoms with Crippen LogP contribution in [0.3, 0.4) is 0 Å². The number of aromatic nitrogens is 1. The summed E-state index contributed by atoms with van der Waals surface area (Å²) in [5.74, 6) is 1.06. The van der Waals surface area contributed by atoms with E-state index < -0.39 is 0 Å². The maximum atomic E-state index is 3.55. The largest absolute Gasteiger partial charge is 0.360 e. The number of rotatable bonds is 3. The summed E-state index contributed by atoms with van der Waals surface area (Å²) in [5.41, 5.74) is 5.36. The number of halogens is 1. The molecule has 0 bridgehead atoms. The standard InChI is InChI=1S/C20H22BrN/c1-12(2)14-5-7-18(19(10-14)13(3)4)20-17-8-6-16(21)9-15(17)11-22-20/h5-13,22H,1-4H3. The van der Waals surface area contributed by atoms with E-state index in [-0.39, 0.29) is 0 Å². The highest BCUT2D eigenvalue weighted by Crippen LogP contribution is 2.36. The summed E-state index contributed by atoms with van der Waals surface area (Å²) < 4.78 is 1.12. The molecular formula is C20H22BrN. The summed E-state index contributed by atoms with van der Waals surface area (Å²) in [6.45, 7) is 9.04. The minimum absolute atomic E-state index is 0.502. The summed E-state index contributed by atoms with van der Waals surface area (Å²) >= 11 is 3.55. The van der Waals surface area contributed by atoms with Crippen LogP contribution in [0.5, 0.6) is 0 Å². The van der Waals surface area contributed by atoms with Crippen LogP contribution >= 0.6 is 15.9 Å². The Balaban J connectivity index is 2.21. The molecule has 3 aromatic rings. The Bertz CT molecular complexity index is 812. The van der Waals surface area contributed by atoms with Crippen LogP contribution in [0.2, 0.25) is 0 Å². The topological polar surface area (TPSA) is 15.8 Å². The molecule has 2 aromatic carbocycles. The molecule has 0 saturated heterocycles. The molecule has 0 spiro atoms. The fraction of sp³-hybridized carbons (Fsp3) is 0.300. The Morgan fingerprint density at radius 3 is 2.36 bits per heavy atom.